The summed E-state index contributed by atoms with van der Waals surface area (Å²) >= 11 is 0. The van der Waals surface area contributed by atoms with E-state index < -0.39 is 30.3 Å². The smallest absolute Gasteiger partial charge is 0.319 e. The zero-order valence-corrected chi connectivity index (χ0v) is 14.1. The molecule has 1 aliphatic rings. The van der Waals surface area contributed by atoms with Crippen LogP contribution in [0.25, 0.3) is 0 Å². The van der Waals surface area contributed by atoms with E-state index in [1.54, 1.807) is 43.5 Å². The van der Waals surface area contributed by atoms with Crippen molar-refractivity contribution in [1.82, 2.24) is 5.32 Å². The topological polar surface area (TPSA) is 106 Å². The van der Waals surface area contributed by atoms with Gasteiger partial charge in [0.15, 0.2) is 0 Å². The molecular formula is C17H22N2O6. The molecule has 1 aromatic carbocycles. The van der Waals surface area contributed by atoms with Gasteiger partial charge in [0.2, 0.25) is 0 Å². The summed E-state index contributed by atoms with van der Waals surface area (Å²) in [7, 11) is 2.86. The molecule has 0 aliphatic carbocycles. The van der Waals surface area contributed by atoms with E-state index in [1.165, 1.54) is 7.11 Å². The second-order valence-electron chi connectivity index (χ2n) is 5.41. The molecule has 0 unspecified atom stereocenters. The fourth-order valence-corrected chi connectivity index (χ4v) is 2.38. The largest absolute Gasteiger partial charge is 0.497 e. The van der Waals surface area contributed by atoms with Crippen molar-refractivity contribution < 1.29 is 28.9 Å². The number of aliphatic hydroxyl groups is 1. The highest BCUT2D eigenvalue weighted by Gasteiger charge is 2.29. The van der Waals surface area contributed by atoms with Crippen LogP contribution in [0.15, 0.2) is 36.4 Å². The Bertz CT molecular complexity index is 616. The Morgan fingerprint density at radius 1 is 1.20 bits per heavy atom. The Kier molecular flexibility index (Phi) is 6.79. The maximum absolute atomic E-state index is 12.1. The van der Waals surface area contributed by atoms with Crippen molar-refractivity contribution in [2.75, 3.05) is 26.1 Å². The van der Waals surface area contributed by atoms with Crippen LogP contribution in [0.2, 0.25) is 0 Å². The van der Waals surface area contributed by atoms with Gasteiger partial charge in [-0.15, -0.1) is 0 Å². The normalized spacial score (nSPS) is 22.1. The van der Waals surface area contributed by atoms with Crippen LogP contribution in [0, 0.1) is 0 Å². The number of hydrogen-bond acceptors (Lipinski definition) is 6. The molecule has 0 fully saturated rings. The average molecular weight is 350 g/mol. The van der Waals surface area contributed by atoms with E-state index in [1.807, 2.05) is 0 Å². The molecule has 2 amide bonds. The van der Waals surface area contributed by atoms with Crippen LogP contribution in [0.5, 0.6) is 5.75 Å². The molecule has 8 nitrogen and oxygen atoms in total. The summed E-state index contributed by atoms with van der Waals surface area (Å²) in [6.45, 7) is -0.296. The maximum Gasteiger partial charge on any atom is 0.319 e. The summed E-state index contributed by atoms with van der Waals surface area (Å²) in [4.78, 5) is 23.4. The second kappa shape index (κ2) is 9.05. The van der Waals surface area contributed by atoms with Crippen molar-refractivity contribution in [2.45, 2.75) is 24.7 Å². The predicted molar refractivity (Wildman–Crippen MR) is 90.5 cm³/mol. The van der Waals surface area contributed by atoms with Crippen molar-refractivity contribution in [1.29, 1.82) is 0 Å². The number of methoxy groups -OCH3 is 2. The first-order valence-electron chi connectivity index (χ1n) is 7.78. The third-order valence-corrected chi connectivity index (χ3v) is 3.70. The summed E-state index contributed by atoms with van der Waals surface area (Å²) in [6.07, 6.45) is 2.27. The lowest BCUT2D eigenvalue weighted by Crippen LogP contribution is -2.49. The van der Waals surface area contributed by atoms with Gasteiger partial charge in [-0.3, -0.25) is 4.79 Å². The van der Waals surface area contributed by atoms with E-state index in [9.17, 15) is 14.7 Å². The van der Waals surface area contributed by atoms with Gasteiger partial charge in [0.1, 0.15) is 11.9 Å². The molecule has 1 heterocycles. The number of ether oxygens (including phenoxy) is 3. The fourth-order valence-electron chi connectivity index (χ4n) is 2.38. The lowest BCUT2D eigenvalue weighted by atomic mass is 10.1. The number of anilines is 1. The summed E-state index contributed by atoms with van der Waals surface area (Å²) in [5.74, 6) is 0.279. The van der Waals surface area contributed by atoms with Gasteiger partial charge in [-0.05, 0) is 24.3 Å². The zero-order chi connectivity index (χ0) is 18.2. The van der Waals surface area contributed by atoms with Gasteiger partial charge < -0.3 is 30.0 Å². The first-order valence-corrected chi connectivity index (χ1v) is 7.78. The number of carbonyl (C=O) groups is 2. The van der Waals surface area contributed by atoms with Crippen molar-refractivity contribution in [3.8, 4) is 5.75 Å². The number of urea groups is 1. The highest BCUT2D eigenvalue weighted by atomic mass is 16.5. The number of hydrogen-bond donors (Lipinski definition) is 3. The third-order valence-electron chi connectivity index (χ3n) is 3.70. The Morgan fingerprint density at radius 3 is 2.52 bits per heavy atom. The number of amides is 2. The highest BCUT2D eigenvalue weighted by molar-refractivity contribution is 5.89. The summed E-state index contributed by atoms with van der Waals surface area (Å²) in [6, 6.07) is 5.93. The predicted octanol–water partition coefficient (Wildman–Crippen LogP) is 1.06. The third kappa shape index (κ3) is 5.47. The number of benzene rings is 1. The summed E-state index contributed by atoms with van der Waals surface area (Å²) < 4.78 is 15.3. The molecule has 0 saturated carbocycles. The number of esters is 1. The van der Waals surface area contributed by atoms with Crippen molar-refractivity contribution in [2.24, 2.45) is 0 Å². The van der Waals surface area contributed by atoms with Crippen molar-refractivity contribution >= 4 is 17.7 Å². The molecule has 25 heavy (non-hydrogen) atoms. The molecule has 8 heteroatoms. The number of rotatable bonds is 6. The van der Waals surface area contributed by atoms with Gasteiger partial charge in [-0.25, -0.2) is 4.79 Å². The lowest BCUT2D eigenvalue weighted by molar-refractivity contribution is -0.144. The van der Waals surface area contributed by atoms with Crippen LogP contribution in [-0.4, -0.2) is 56.2 Å². The molecule has 1 aromatic rings. The standard InChI is InChI=1S/C17H22N2O6/c1-23-12-5-3-11(4-6-12)18-17(22)19-14-8-7-13(9-16(21)24-2)25-15(14)10-20/h3-8,13-15,20H,9-10H2,1-2H3,(H2,18,19,22)/t13-,14-,15+/m0/s1. The summed E-state index contributed by atoms with van der Waals surface area (Å²) in [5.41, 5.74) is 0.600. The maximum atomic E-state index is 12.1. The van der Waals surface area contributed by atoms with Gasteiger partial charge in [0.25, 0.3) is 0 Å². The van der Waals surface area contributed by atoms with E-state index in [4.69, 9.17) is 9.47 Å². The Labute approximate surface area is 145 Å². The highest BCUT2D eigenvalue weighted by Crippen LogP contribution is 2.17. The molecule has 3 atom stereocenters. The molecule has 136 valence electrons. The molecule has 0 aromatic heterocycles. The van der Waals surface area contributed by atoms with Gasteiger partial charge in [0.05, 0.1) is 39.4 Å². The Morgan fingerprint density at radius 2 is 1.92 bits per heavy atom. The molecule has 2 rings (SSSR count). The minimum absolute atomic E-state index is 0.0499. The molecular weight excluding hydrogens is 328 g/mol. The van der Waals surface area contributed by atoms with E-state index in [0.717, 1.165) is 0 Å². The van der Waals surface area contributed by atoms with Crippen LogP contribution < -0.4 is 15.4 Å². The Balaban J connectivity index is 1.92. The quantitative estimate of drug-likeness (QED) is 0.523. The second-order valence-corrected chi connectivity index (χ2v) is 5.41. The molecule has 0 saturated heterocycles. The molecule has 0 spiro atoms. The fraction of sp³-hybridized carbons (Fsp3) is 0.412. The van der Waals surface area contributed by atoms with Crippen LogP contribution in [0.1, 0.15) is 6.42 Å². The van der Waals surface area contributed by atoms with Crippen LogP contribution in [0.3, 0.4) is 0 Å². The summed E-state index contributed by atoms with van der Waals surface area (Å²) in [5, 5.41) is 14.9. The van der Waals surface area contributed by atoms with E-state index in [-0.39, 0.29) is 13.0 Å². The number of nitrogens with one attached hydrogen (secondary N) is 2. The van der Waals surface area contributed by atoms with E-state index in [0.29, 0.717) is 11.4 Å². The zero-order valence-electron chi connectivity index (χ0n) is 14.1. The number of aliphatic hydroxyl groups excluding tert-OH is 1. The average Bonchev–Trinajstić information content (AvgIpc) is 2.63. The van der Waals surface area contributed by atoms with E-state index in [2.05, 4.69) is 15.4 Å². The van der Waals surface area contributed by atoms with Gasteiger partial charge in [-0.1, -0.05) is 12.2 Å². The van der Waals surface area contributed by atoms with Crippen molar-refractivity contribution in [3.05, 3.63) is 36.4 Å². The molecule has 1 aliphatic heterocycles. The van der Waals surface area contributed by atoms with Crippen LogP contribution in [0.4, 0.5) is 10.5 Å². The first-order chi connectivity index (χ1) is 12.0. The minimum Gasteiger partial charge on any atom is -0.497 e. The van der Waals surface area contributed by atoms with Crippen LogP contribution in [-0.2, 0) is 14.3 Å². The minimum atomic E-state index is -0.652. The SMILES string of the molecule is COC(=O)C[C@@H]1C=C[C@H](NC(=O)Nc2ccc(OC)cc2)[C@@H](CO)O1. The van der Waals surface area contributed by atoms with Gasteiger partial charge in [-0.2, -0.15) is 0 Å². The van der Waals surface area contributed by atoms with Crippen LogP contribution >= 0.6 is 0 Å². The van der Waals surface area contributed by atoms with Gasteiger partial charge >= 0.3 is 12.0 Å². The molecule has 0 bridgehead atoms. The first kappa shape index (κ1) is 18.8. The van der Waals surface area contributed by atoms with Gasteiger partial charge in [0, 0.05) is 5.69 Å². The monoisotopic (exact) mass is 350 g/mol. The van der Waals surface area contributed by atoms with Crippen molar-refractivity contribution in [3.63, 3.8) is 0 Å². The number of carbonyl (C=O) groups excluding carboxylic acids is 2. The van der Waals surface area contributed by atoms with E-state index >= 15 is 0 Å². The molecule has 3 N–H and O–H groups in total. The Hall–Kier alpha value is -2.58. The molecule has 0 radical (unpaired) electrons. The lowest BCUT2D eigenvalue weighted by Gasteiger charge is -2.31.